The molecule has 0 aliphatic heterocycles. The van der Waals surface area contributed by atoms with Crippen LogP contribution in [0, 0.1) is 0 Å². The van der Waals surface area contributed by atoms with Crippen LogP contribution in [0.25, 0.3) is 10.1 Å². The topological polar surface area (TPSA) is 41.6 Å². The van der Waals surface area contributed by atoms with Crippen LogP contribution in [0.2, 0.25) is 10.0 Å². The van der Waals surface area contributed by atoms with Gasteiger partial charge < -0.3 is 15.0 Å². The van der Waals surface area contributed by atoms with E-state index in [1.807, 2.05) is 25.1 Å². The molecule has 0 aliphatic carbocycles. The first-order valence-electron chi connectivity index (χ1n) is 6.33. The van der Waals surface area contributed by atoms with Crippen molar-refractivity contribution in [2.45, 2.75) is 0 Å². The van der Waals surface area contributed by atoms with Gasteiger partial charge in [0.1, 0.15) is 15.6 Å². The fraction of sp³-hybridized carbons (Fsp3) is 0.357. The van der Waals surface area contributed by atoms with Crippen molar-refractivity contribution < 1.29 is 9.53 Å². The number of ether oxygens (including phenoxy) is 1. The van der Waals surface area contributed by atoms with Crippen molar-refractivity contribution in [3.8, 4) is 5.75 Å². The molecule has 1 aromatic carbocycles. The summed E-state index contributed by atoms with van der Waals surface area (Å²) < 4.78 is 5.94. The zero-order chi connectivity index (χ0) is 15.6. The number of methoxy groups -OCH3 is 1. The van der Waals surface area contributed by atoms with Crippen LogP contribution in [0.4, 0.5) is 0 Å². The first kappa shape index (κ1) is 16.4. The Kier molecular flexibility index (Phi) is 5.32. The van der Waals surface area contributed by atoms with Crippen molar-refractivity contribution in [3.63, 3.8) is 0 Å². The van der Waals surface area contributed by atoms with Crippen LogP contribution in [0.5, 0.6) is 5.75 Å². The van der Waals surface area contributed by atoms with Crippen molar-refractivity contribution in [2.75, 3.05) is 34.3 Å². The minimum absolute atomic E-state index is 0.182. The van der Waals surface area contributed by atoms with Crippen LogP contribution in [-0.4, -0.2) is 45.1 Å². The molecule has 1 aromatic heterocycles. The quantitative estimate of drug-likeness (QED) is 0.900. The normalized spacial score (nSPS) is 11.1. The lowest BCUT2D eigenvalue weighted by molar-refractivity contribution is 0.0955. The summed E-state index contributed by atoms with van der Waals surface area (Å²) in [6, 6.07) is 3.56. The number of nitrogens with one attached hydrogen (secondary N) is 1. The summed E-state index contributed by atoms with van der Waals surface area (Å²) in [6.45, 7) is 1.33. The van der Waals surface area contributed by atoms with Gasteiger partial charge in [0.15, 0.2) is 0 Å². The molecule has 0 saturated carbocycles. The lowest BCUT2D eigenvalue weighted by atomic mass is 10.2. The van der Waals surface area contributed by atoms with E-state index >= 15 is 0 Å². The Balaban J connectivity index is 2.30. The van der Waals surface area contributed by atoms with Crippen LogP contribution in [0.15, 0.2) is 12.1 Å². The summed E-state index contributed by atoms with van der Waals surface area (Å²) in [5, 5.41) is 4.53. The number of hydrogen-bond acceptors (Lipinski definition) is 4. The molecule has 2 rings (SSSR count). The lowest BCUT2D eigenvalue weighted by Crippen LogP contribution is -2.30. The number of carbonyl (C=O) groups excluding carboxylic acids is 1. The smallest absolute Gasteiger partial charge is 0.262 e. The highest BCUT2D eigenvalue weighted by Crippen LogP contribution is 2.42. The molecule has 21 heavy (non-hydrogen) atoms. The van der Waals surface area contributed by atoms with E-state index < -0.39 is 0 Å². The summed E-state index contributed by atoms with van der Waals surface area (Å²) >= 11 is 13.8. The van der Waals surface area contributed by atoms with Crippen LogP contribution >= 0.6 is 34.5 Å². The number of hydrogen-bond donors (Lipinski definition) is 1. The van der Waals surface area contributed by atoms with E-state index in [0.29, 0.717) is 27.2 Å². The molecule has 0 spiro atoms. The highest BCUT2D eigenvalue weighted by atomic mass is 35.5. The number of nitrogens with zero attached hydrogens (tertiary/aromatic N) is 1. The molecule has 2 aromatic rings. The molecular weight excluding hydrogens is 331 g/mol. The minimum Gasteiger partial charge on any atom is -0.495 e. The lowest BCUT2D eigenvalue weighted by Gasteiger charge is -2.09. The SMILES string of the molecule is COc1ccc2c(Cl)c(C(=O)NCCN(C)C)sc2c1Cl. The van der Waals surface area contributed by atoms with Gasteiger partial charge in [-0.1, -0.05) is 23.2 Å². The largest absolute Gasteiger partial charge is 0.495 e. The maximum absolute atomic E-state index is 12.2. The molecule has 1 amide bonds. The van der Waals surface area contributed by atoms with Gasteiger partial charge in [-0.2, -0.15) is 0 Å². The number of likely N-dealkylation sites (N-methyl/N-ethyl adjacent to an activating group) is 1. The zero-order valence-electron chi connectivity index (χ0n) is 12.0. The molecule has 0 aliphatic rings. The van der Waals surface area contributed by atoms with E-state index in [1.54, 1.807) is 13.2 Å². The van der Waals surface area contributed by atoms with Crippen LogP contribution in [0.3, 0.4) is 0 Å². The predicted molar refractivity (Wildman–Crippen MR) is 89.3 cm³/mol. The Labute approximate surface area is 137 Å². The first-order chi connectivity index (χ1) is 9.95. The molecule has 4 nitrogen and oxygen atoms in total. The van der Waals surface area contributed by atoms with Gasteiger partial charge in [0, 0.05) is 18.5 Å². The maximum atomic E-state index is 12.2. The van der Waals surface area contributed by atoms with E-state index in [1.165, 1.54) is 11.3 Å². The Morgan fingerprint density at radius 2 is 2.05 bits per heavy atom. The summed E-state index contributed by atoms with van der Waals surface area (Å²) in [5.74, 6) is 0.389. The van der Waals surface area contributed by atoms with Gasteiger partial charge in [0.25, 0.3) is 5.91 Å². The molecule has 114 valence electrons. The Morgan fingerprint density at radius 1 is 1.33 bits per heavy atom. The fourth-order valence-corrected chi connectivity index (χ4v) is 3.67. The number of rotatable bonds is 5. The van der Waals surface area contributed by atoms with Gasteiger partial charge in [0.2, 0.25) is 0 Å². The van der Waals surface area contributed by atoms with E-state index in [0.717, 1.165) is 16.6 Å². The molecule has 0 bridgehead atoms. The van der Waals surface area contributed by atoms with Gasteiger partial charge >= 0.3 is 0 Å². The third-order valence-corrected chi connectivity index (χ3v) is 5.19. The monoisotopic (exact) mass is 346 g/mol. The van der Waals surface area contributed by atoms with Gasteiger partial charge in [-0.05, 0) is 26.2 Å². The van der Waals surface area contributed by atoms with E-state index in [4.69, 9.17) is 27.9 Å². The van der Waals surface area contributed by atoms with Gasteiger partial charge in [-0.25, -0.2) is 0 Å². The second-order valence-electron chi connectivity index (χ2n) is 4.76. The summed E-state index contributed by atoms with van der Waals surface area (Å²) in [4.78, 5) is 14.7. The summed E-state index contributed by atoms with van der Waals surface area (Å²) in [5.41, 5.74) is 0. The standard InChI is InChI=1S/C14H16Cl2N2O2S/c1-18(2)7-6-17-14(19)13-10(15)8-4-5-9(20-3)11(16)12(8)21-13/h4-5H,6-7H2,1-3H3,(H,17,19). The van der Waals surface area contributed by atoms with Crippen molar-refractivity contribution >= 4 is 50.5 Å². The average Bonchev–Trinajstić information content (AvgIpc) is 2.77. The van der Waals surface area contributed by atoms with Crippen LogP contribution in [-0.2, 0) is 0 Å². The maximum Gasteiger partial charge on any atom is 0.262 e. The zero-order valence-corrected chi connectivity index (χ0v) is 14.3. The van der Waals surface area contributed by atoms with Crippen molar-refractivity contribution in [1.29, 1.82) is 0 Å². The van der Waals surface area contributed by atoms with E-state index in [9.17, 15) is 4.79 Å². The molecule has 7 heteroatoms. The Morgan fingerprint density at radius 3 is 2.67 bits per heavy atom. The van der Waals surface area contributed by atoms with Gasteiger partial charge in [0.05, 0.1) is 16.8 Å². The number of benzene rings is 1. The molecule has 1 heterocycles. The third-order valence-electron chi connectivity index (χ3n) is 2.97. The Hall–Kier alpha value is -1.01. The number of thiophene rings is 1. The van der Waals surface area contributed by atoms with Gasteiger partial charge in [-0.3, -0.25) is 4.79 Å². The first-order valence-corrected chi connectivity index (χ1v) is 7.90. The molecule has 0 atom stereocenters. The molecule has 0 saturated heterocycles. The molecule has 0 fully saturated rings. The Bertz CT molecular complexity index is 671. The summed E-state index contributed by atoms with van der Waals surface area (Å²) in [6.07, 6.45) is 0. The van der Waals surface area contributed by atoms with Crippen molar-refractivity contribution in [3.05, 3.63) is 27.1 Å². The van der Waals surface area contributed by atoms with Crippen LogP contribution in [0.1, 0.15) is 9.67 Å². The highest BCUT2D eigenvalue weighted by Gasteiger charge is 2.20. The van der Waals surface area contributed by atoms with Crippen LogP contribution < -0.4 is 10.1 Å². The predicted octanol–water partition coefficient (Wildman–Crippen LogP) is 3.51. The molecular formula is C14H16Cl2N2O2S. The second kappa shape index (κ2) is 6.83. The number of amides is 1. The summed E-state index contributed by atoms with van der Waals surface area (Å²) in [7, 11) is 5.45. The number of fused-ring (bicyclic) bond motifs is 1. The molecule has 0 radical (unpaired) electrons. The molecule has 0 unspecified atom stereocenters. The molecule has 1 N–H and O–H groups in total. The number of carbonyl (C=O) groups is 1. The van der Waals surface area contributed by atoms with Gasteiger partial charge in [-0.15, -0.1) is 11.3 Å². The fourth-order valence-electron chi connectivity index (χ4n) is 1.86. The number of halogens is 2. The average molecular weight is 347 g/mol. The second-order valence-corrected chi connectivity index (χ2v) is 6.54. The van der Waals surface area contributed by atoms with E-state index in [2.05, 4.69) is 5.32 Å². The third kappa shape index (κ3) is 3.43. The van der Waals surface area contributed by atoms with Crippen molar-refractivity contribution in [2.24, 2.45) is 0 Å². The van der Waals surface area contributed by atoms with E-state index in [-0.39, 0.29) is 5.91 Å². The highest BCUT2D eigenvalue weighted by molar-refractivity contribution is 7.22. The minimum atomic E-state index is -0.182. The van der Waals surface area contributed by atoms with Crippen molar-refractivity contribution in [1.82, 2.24) is 10.2 Å².